The Morgan fingerprint density at radius 3 is 2.57 bits per heavy atom. The quantitative estimate of drug-likeness (QED) is 0.388. The van der Waals surface area contributed by atoms with E-state index in [-0.39, 0.29) is 19.6 Å². The van der Waals surface area contributed by atoms with Crippen molar-refractivity contribution in [3.05, 3.63) is 64.2 Å². The third kappa shape index (κ3) is 5.29. The normalized spacial score (nSPS) is 17.4. The molecule has 2 heterocycles. The van der Waals surface area contributed by atoms with Crippen molar-refractivity contribution in [1.29, 1.82) is 0 Å². The van der Waals surface area contributed by atoms with Crippen molar-refractivity contribution in [3.8, 4) is 17.2 Å². The fourth-order valence-corrected chi connectivity index (χ4v) is 4.70. The maximum absolute atomic E-state index is 11.6. The predicted molar refractivity (Wildman–Crippen MR) is 128 cm³/mol. The molecule has 0 fully saturated rings. The van der Waals surface area contributed by atoms with Crippen molar-refractivity contribution >= 4 is 21.7 Å². The molecule has 35 heavy (non-hydrogen) atoms. The lowest BCUT2D eigenvalue weighted by Crippen LogP contribution is -2.15. The summed E-state index contributed by atoms with van der Waals surface area (Å²) in [6, 6.07) is 11.0. The molecule has 10 nitrogen and oxygen atoms in total. The second-order valence-corrected chi connectivity index (χ2v) is 9.93. The first-order valence-corrected chi connectivity index (χ1v) is 12.9. The molecule has 0 amide bonds. The molecule has 0 aliphatic carbocycles. The molecule has 1 aliphatic rings. The van der Waals surface area contributed by atoms with Gasteiger partial charge < -0.3 is 18.9 Å². The zero-order chi connectivity index (χ0) is 25.2. The molecule has 0 N–H and O–H groups in total. The summed E-state index contributed by atoms with van der Waals surface area (Å²) < 4.78 is 53.2. The van der Waals surface area contributed by atoms with E-state index in [1.54, 1.807) is 33.5 Å². The van der Waals surface area contributed by atoms with Gasteiger partial charge in [-0.1, -0.05) is 23.7 Å². The first kappa shape index (κ1) is 25.4. The molecule has 0 bridgehead atoms. The lowest BCUT2D eigenvalue weighted by Gasteiger charge is -2.25. The third-order valence-corrected chi connectivity index (χ3v) is 6.35. The van der Waals surface area contributed by atoms with Gasteiger partial charge >= 0.3 is 0 Å². The van der Waals surface area contributed by atoms with Gasteiger partial charge in [0.1, 0.15) is 18.8 Å². The number of rotatable bonds is 9. The molecule has 0 saturated heterocycles. The Kier molecular flexibility index (Phi) is 7.62. The summed E-state index contributed by atoms with van der Waals surface area (Å²) in [5.41, 5.74) is 2.20. The molecule has 1 aliphatic heterocycles. The second kappa shape index (κ2) is 10.5. The van der Waals surface area contributed by atoms with Crippen LogP contribution in [0.5, 0.6) is 11.5 Å². The van der Waals surface area contributed by atoms with Crippen LogP contribution in [0.25, 0.3) is 5.69 Å². The molecular weight excluding hydrogens is 498 g/mol. The van der Waals surface area contributed by atoms with E-state index >= 15 is 0 Å². The van der Waals surface area contributed by atoms with E-state index in [4.69, 9.17) is 34.7 Å². The molecule has 0 radical (unpaired) electrons. The van der Waals surface area contributed by atoms with Crippen LogP contribution in [0.1, 0.15) is 41.4 Å². The van der Waals surface area contributed by atoms with E-state index in [1.807, 2.05) is 28.8 Å². The molecule has 0 spiro atoms. The second-order valence-electron chi connectivity index (χ2n) is 7.85. The lowest BCUT2D eigenvalue weighted by molar-refractivity contribution is -0.00772. The predicted octanol–water partition coefficient (Wildman–Crippen LogP) is 3.61. The lowest BCUT2D eigenvalue weighted by atomic mass is 9.98. The number of ether oxygens (including phenoxy) is 4. The molecule has 1 aromatic heterocycles. The minimum absolute atomic E-state index is 0.102. The molecular formula is C23H26ClN3O7S. The molecule has 3 aromatic rings. The van der Waals surface area contributed by atoms with Crippen LogP contribution in [0.3, 0.4) is 0 Å². The van der Waals surface area contributed by atoms with Gasteiger partial charge in [-0.15, -0.1) is 10.2 Å². The minimum Gasteiger partial charge on any atom is -0.493 e. The van der Waals surface area contributed by atoms with Gasteiger partial charge in [0.2, 0.25) is 0 Å². The molecule has 4 rings (SSSR count). The highest BCUT2D eigenvalue weighted by atomic mass is 35.5. The monoisotopic (exact) mass is 523 g/mol. The number of methoxy groups -OCH3 is 3. The van der Waals surface area contributed by atoms with E-state index in [0.717, 1.165) is 17.5 Å². The van der Waals surface area contributed by atoms with Crippen LogP contribution >= 0.6 is 11.6 Å². The van der Waals surface area contributed by atoms with Crippen molar-refractivity contribution < 1.29 is 31.5 Å². The number of benzene rings is 2. The van der Waals surface area contributed by atoms with Gasteiger partial charge in [-0.05, 0) is 24.3 Å². The van der Waals surface area contributed by atoms with Crippen molar-refractivity contribution in [3.63, 3.8) is 0 Å². The zero-order valence-corrected chi connectivity index (χ0v) is 21.3. The Morgan fingerprint density at radius 1 is 1.09 bits per heavy atom. The van der Waals surface area contributed by atoms with E-state index in [0.29, 0.717) is 33.7 Å². The Hall–Kier alpha value is -2.70. The fraction of sp³-hybridized carbons (Fsp3) is 0.391. The first-order chi connectivity index (χ1) is 16.8. The van der Waals surface area contributed by atoms with Gasteiger partial charge in [0.05, 0.1) is 32.8 Å². The highest BCUT2D eigenvalue weighted by Crippen LogP contribution is 2.46. The van der Waals surface area contributed by atoms with Crippen molar-refractivity contribution in [2.75, 3.05) is 34.2 Å². The average molecular weight is 524 g/mol. The number of hydrogen-bond donors (Lipinski definition) is 0. The van der Waals surface area contributed by atoms with E-state index in [2.05, 4.69) is 10.2 Å². The highest BCUT2D eigenvalue weighted by Gasteiger charge is 2.35. The topological polar surface area (TPSA) is 111 Å². The van der Waals surface area contributed by atoms with Gasteiger partial charge in [-0.3, -0.25) is 8.75 Å². The largest absolute Gasteiger partial charge is 0.493 e. The van der Waals surface area contributed by atoms with Crippen LogP contribution in [0.4, 0.5) is 0 Å². The van der Waals surface area contributed by atoms with Gasteiger partial charge in [0, 0.05) is 29.7 Å². The Morgan fingerprint density at radius 2 is 1.89 bits per heavy atom. The molecule has 188 valence electrons. The van der Waals surface area contributed by atoms with Crippen molar-refractivity contribution in [2.24, 2.45) is 0 Å². The fourth-order valence-electron chi connectivity index (χ4n) is 4.12. The van der Waals surface area contributed by atoms with Crippen LogP contribution in [-0.4, -0.2) is 57.4 Å². The molecule has 12 heteroatoms. The third-order valence-electron chi connectivity index (χ3n) is 5.52. The number of fused-ring (bicyclic) bond motifs is 3. The SMILES string of the molecule is COCc1nnc2n1-c1ccc(Cl)cc1[C@H](c1cccc(OC)c1OC)O[C@H]2CCOS(C)(=O)=O. The summed E-state index contributed by atoms with van der Waals surface area (Å²) >= 11 is 6.42. The highest BCUT2D eigenvalue weighted by molar-refractivity contribution is 7.85. The summed E-state index contributed by atoms with van der Waals surface area (Å²) in [6.07, 6.45) is -0.138. The average Bonchev–Trinajstić information content (AvgIpc) is 3.17. The molecule has 0 unspecified atom stereocenters. The first-order valence-electron chi connectivity index (χ1n) is 10.7. The van der Waals surface area contributed by atoms with Crippen LogP contribution in [0.2, 0.25) is 5.02 Å². The van der Waals surface area contributed by atoms with Crippen LogP contribution < -0.4 is 9.47 Å². The summed E-state index contributed by atoms with van der Waals surface area (Å²) in [6.45, 7) is 0.101. The molecule has 0 saturated carbocycles. The summed E-state index contributed by atoms with van der Waals surface area (Å²) in [5, 5.41) is 9.17. The van der Waals surface area contributed by atoms with E-state index < -0.39 is 22.3 Å². The number of nitrogens with zero attached hydrogens (tertiary/aromatic N) is 3. The Balaban J connectivity index is 1.91. The maximum atomic E-state index is 11.6. The summed E-state index contributed by atoms with van der Waals surface area (Å²) in [5.74, 6) is 2.09. The number of hydrogen-bond acceptors (Lipinski definition) is 9. The number of aromatic nitrogens is 3. The maximum Gasteiger partial charge on any atom is 0.264 e. The summed E-state index contributed by atoms with van der Waals surface area (Å²) in [4.78, 5) is 0. The van der Waals surface area contributed by atoms with Gasteiger partial charge in [0.15, 0.2) is 23.1 Å². The smallest absolute Gasteiger partial charge is 0.264 e. The standard InChI is InChI=1S/C23H26ClN3O7S/c1-30-13-20-25-26-23-19(10-11-33-35(4,28)29)34-21(15-6-5-7-18(31-2)22(15)32-3)16-12-14(24)8-9-17(16)27(20)23/h5-9,12,19,21H,10-11,13H2,1-4H3/t19-,21-/m0/s1. The Labute approximate surface area is 208 Å². The van der Waals surface area contributed by atoms with Crippen LogP contribution in [0, 0.1) is 0 Å². The minimum atomic E-state index is -3.63. The van der Waals surface area contributed by atoms with Gasteiger partial charge in [-0.2, -0.15) is 8.42 Å². The van der Waals surface area contributed by atoms with Gasteiger partial charge in [-0.25, -0.2) is 0 Å². The Bertz CT molecular complexity index is 1310. The molecule has 2 atom stereocenters. The van der Waals surface area contributed by atoms with Crippen LogP contribution in [-0.2, 0) is 30.4 Å². The number of para-hydroxylation sites is 1. The zero-order valence-electron chi connectivity index (χ0n) is 19.7. The van der Waals surface area contributed by atoms with E-state index in [9.17, 15) is 8.42 Å². The van der Waals surface area contributed by atoms with Crippen molar-refractivity contribution in [2.45, 2.75) is 25.2 Å². The van der Waals surface area contributed by atoms with Crippen molar-refractivity contribution in [1.82, 2.24) is 14.8 Å². The summed E-state index contributed by atoms with van der Waals surface area (Å²) in [7, 11) is 1.05. The van der Waals surface area contributed by atoms with E-state index in [1.165, 1.54) is 0 Å². The molecule has 2 aromatic carbocycles. The van der Waals surface area contributed by atoms with Crippen LogP contribution in [0.15, 0.2) is 36.4 Å². The van der Waals surface area contributed by atoms with Gasteiger partial charge in [0.25, 0.3) is 10.1 Å². The number of halogens is 1.